The summed E-state index contributed by atoms with van der Waals surface area (Å²) >= 11 is 7.22. The minimum Gasteiger partial charge on any atom is -0.351 e. The third-order valence-electron chi connectivity index (χ3n) is 4.43. The van der Waals surface area contributed by atoms with Crippen molar-refractivity contribution >= 4 is 46.6 Å². The normalized spacial score (nSPS) is 18.9. The molecule has 1 atom stereocenters. The Labute approximate surface area is 170 Å². The molecule has 1 fully saturated rings. The maximum absolute atomic E-state index is 12.9. The van der Waals surface area contributed by atoms with Gasteiger partial charge >= 0.3 is 6.03 Å². The molecule has 3 rings (SSSR count). The standard InChI is InChI=1S/C19H18ClN3O4S/c1-11(24)21-9-14-6-7-16(28-14)15(25)10-23-17(26)19(2,22-18(23)27)12-4-3-5-13(20)8-12/h3-8H,9-10H2,1-2H3,(H,21,24)(H,22,27). The van der Waals surface area contributed by atoms with Crippen molar-refractivity contribution in [1.82, 2.24) is 15.5 Å². The number of benzene rings is 1. The number of halogens is 1. The van der Waals surface area contributed by atoms with Gasteiger partial charge in [0.05, 0.1) is 18.0 Å². The molecule has 28 heavy (non-hydrogen) atoms. The third kappa shape index (κ3) is 3.93. The lowest BCUT2D eigenvalue weighted by molar-refractivity contribution is -0.130. The Balaban J connectivity index is 1.74. The minimum atomic E-state index is -1.28. The van der Waals surface area contributed by atoms with Crippen molar-refractivity contribution in [2.75, 3.05) is 6.54 Å². The molecule has 7 nitrogen and oxygen atoms in total. The van der Waals surface area contributed by atoms with Crippen LogP contribution in [0.1, 0.15) is 34.0 Å². The lowest BCUT2D eigenvalue weighted by atomic mass is 9.92. The number of rotatable bonds is 6. The van der Waals surface area contributed by atoms with E-state index in [1.165, 1.54) is 18.3 Å². The van der Waals surface area contributed by atoms with Crippen molar-refractivity contribution in [1.29, 1.82) is 0 Å². The van der Waals surface area contributed by atoms with E-state index < -0.39 is 17.5 Å². The molecule has 1 aromatic carbocycles. The fraction of sp³-hybridized carbons (Fsp3) is 0.263. The number of hydrogen-bond donors (Lipinski definition) is 2. The maximum Gasteiger partial charge on any atom is 0.325 e. The summed E-state index contributed by atoms with van der Waals surface area (Å²) in [6, 6.07) is 9.40. The second kappa shape index (κ2) is 7.73. The summed E-state index contributed by atoms with van der Waals surface area (Å²) in [5.74, 6) is -1.03. The highest BCUT2D eigenvalue weighted by molar-refractivity contribution is 7.14. The van der Waals surface area contributed by atoms with Gasteiger partial charge in [-0.1, -0.05) is 23.7 Å². The second-order valence-corrected chi connectivity index (χ2v) is 8.16. The van der Waals surface area contributed by atoms with Gasteiger partial charge in [0.1, 0.15) is 5.54 Å². The number of amides is 4. The SMILES string of the molecule is CC(=O)NCc1ccc(C(=O)CN2C(=O)NC(C)(c3cccc(Cl)c3)C2=O)s1. The van der Waals surface area contributed by atoms with Crippen LogP contribution in [-0.2, 0) is 21.7 Å². The number of carbonyl (C=O) groups excluding carboxylic acids is 4. The topological polar surface area (TPSA) is 95.6 Å². The van der Waals surface area contributed by atoms with Crippen molar-refractivity contribution in [3.05, 3.63) is 56.7 Å². The van der Waals surface area contributed by atoms with Gasteiger partial charge in [-0.25, -0.2) is 4.79 Å². The highest BCUT2D eigenvalue weighted by atomic mass is 35.5. The third-order valence-corrected chi connectivity index (χ3v) is 5.79. The van der Waals surface area contributed by atoms with Crippen molar-refractivity contribution in [2.24, 2.45) is 0 Å². The molecular weight excluding hydrogens is 402 g/mol. The molecule has 1 aliphatic heterocycles. The molecule has 1 aliphatic rings. The van der Waals surface area contributed by atoms with E-state index in [9.17, 15) is 19.2 Å². The smallest absolute Gasteiger partial charge is 0.325 e. The Morgan fingerprint density at radius 2 is 2.00 bits per heavy atom. The molecule has 0 radical (unpaired) electrons. The molecule has 2 aromatic rings. The summed E-state index contributed by atoms with van der Waals surface area (Å²) in [7, 11) is 0. The maximum atomic E-state index is 12.9. The van der Waals surface area contributed by atoms with Crippen LogP contribution in [0, 0.1) is 0 Å². The Morgan fingerprint density at radius 3 is 2.68 bits per heavy atom. The molecule has 1 saturated heterocycles. The van der Waals surface area contributed by atoms with Gasteiger partial charge in [-0.3, -0.25) is 19.3 Å². The number of urea groups is 1. The largest absolute Gasteiger partial charge is 0.351 e. The molecular formula is C19H18ClN3O4S. The van der Waals surface area contributed by atoms with Crippen LogP contribution >= 0.6 is 22.9 Å². The number of ketones is 1. The van der Waals surface area contributed by atoms with Gasteiger partial charge in [0, 0.05) is 16.8 Å². The summed E-state index contributed by atoms with van der Waals surface area (Å²) in [5, 5.41) is 5.75. The average Bonchev–Trinajstić information content (AvgIpc) is 3.20. The van der Waals surface area contributed by atoms with E-state index in [2.05, 4.69) is 10.6 Å². The van der Waals surface area contributed by atoms with E-state index >= 15 is 0 Å². The number of nitrogens with one attached hydrogen (secondary N) is 2. The minimum absolute atomic E-state index is 0.166. The van der Waals surface area contributed by atoms with Crippen LogP contribution in [0.2, 0.25) is 5.02 Å². The average molecular weight is 420 g/mol. The number of Topliss-reactive ketones (excluding diaryl/α,β-unsaturated/α-hetero) is 1. The highest BCUT2D eigenvalue weighted by Crippen LogP contribution is 2.30. The fourth-order valence-corrected chi connectivity index (χ4v) is 3.96. The molecule has 0 spiro atoms. The van der Waals surface area contributed by atoms with Gasteiger partial charge in [-0.05, 0) is 36.8 Å². The van der Waals surface area contributed by atoms with Crippen molar-refractivity contribution in [2.45, 2.75) is 25.9 Å². The first kappa shape index (κ1) is 20.0. The predicted octanol–water partition coefficient (Wildman–Crippen LogP) is 2.69. The molecule has 0 saturated carbocycles. The summed E-state index contributed by atoms with van der Waals surface area (Å²) in [5.41, 5.74) is -0.740. The van der Waals surface area contributed by atoms with Gasteiger partial charge in [0.2, 0.25) is 5.91 Å². The van der Waals surface area contributed by atoms with E-state index in [-0.39, 0.29) is 18.2 Å². The molecule has 4 amide bonds. The van der Waals surface area contributed by atoms with E-state index in [0.717, 1.165) is 9.78 Å². The van der Waals surface area contributed by atoms with Gasteiger partial charge in [-0.15, -0.1) is 11.3 Å². The molecule has 2 N–H and O–H groups in total. The lowest BCUT2D eigenvalue weighted by Crippen LogP contribution is -2.41. The van der Waals surface area contributed by atoms with Gasteiger partial charge < -0.3 is 10.6 Å². The van der Waals surface area contributed by atoms with Crippen molar-refractivity contribution in [3.63, 3.8) is 0 Å². The van der Waals surface area contributed by atoms with Crippen molar-refractivity contribution in [3.8, 4) is 0 Å². The molecule has 0 aliphatic carbocycles. The number of nitrogens with zero attached hydrogens (tertiary/aromatic N) is 1. The lowest BCUT2D eigenvalue weighted by Gasteiger charge is -2.22. The summed E-state index contributed by atoms with van der Waals surface area (Å²) < 4.78 is 0. The first-order valence-electron chi connectivity index (χ1n) is 8.47. The number of imide groups is 1. The van der Waals surface area contributed by atoms with Gasteiger partial charge in [-0.2, -0.15) is 0 Å². The summed E-state index contributed by atoms with van der Waals surface area (Å²) in [6.45, 7) is 2.96. The zero-order valence-electron chi connectivity index (χ0n) is 15.2. The Morgan fingerprint density at radius 1 is 1.25 bits per heavy atom. The highest BCUT2D eigenvalue weighted by Gasteiger charge is 2.49. The molecule has 1 unspecified atom stereocenters. The van der Waals surface area contributed by atoms with Crippen LogP contribution in [0.5, 0.6) is 0 Å². The number of carbonyl (C=O) groups is 4. The monoisotopic (exact) mass is 419 g/mol. The Kier molecular flexibility index (Phi) is 5.53. The van der Waals surface area contributed by atoms with Crippen LogP contribution in [0.3, 0.4) is 0 Å². The second-order valence-electron chi connectivity index (χ2n) is 6.56. The molecule has 9 heteroatoms. The van der Waals surface area contributed by atoms with Crippen LogP contribution < -0.4 is 10.6 Å². The Hall–Kier alpha value is -2.71. The zero-order valence-corrected chi connectivity index (χ0v) is 16.8. The van der Waals surface area contributed by atoms with Gasteiger partial charge in [0.25, 0.3) is 5.91 Å². The van der Waals surface area contributed by atoms with E-state index in [1.807, 2.05) is 0 Å². The van der Waals surface area contributed by atoms with E-state index in [0.29, 0.717) is 22.0 Å². The number of thiophene rings is 1. The molecule has 146 valence electrons. The molecule has 1 aromatic heterocycles. The van der Waals surface area contributed by atoms with Crippen LogP contribution in [0.15, 0.2) is 36.4 Å². The van der Waals surface area contributed by atoms with Crippen LogP contribution in [-0.4, -0.2) is 35.1 Å². The molecule has 0 bridgehead atoms. The van der Waals surface area contributed by atoms with Crippen LogP contribution in [0.25, 0.3) is 0 Å². The van der Waals surface area contributed by atoms with Gasteiger partial charge in [0.15, 0.2) is 5.78 Å². The first-order valence-corrected chi connectivity index (χ1v) is 9.66. The quantitative estimate of drug-likeness (QED) is 0.555. The summed E-state index contributed by atoms with van der Waals surface area (Å²) in [6.07, 6.45) is 0. The van der Waals surface area contributed by atoms with Crippen LogP contribution in [0.4, 0.5) is 4.79 Å². The van der Waals surface area contributed by atoms with E-state index in [1.54, 1.807) is 43.3 Å². The summed E-state index contributed by atoms with van der Waals surface area (Å²) in [4.78, 5) is 51.0. The molecule has 2 heterocycles. The first-order chi connectivity index (χ1) is 13.2. The fourth-order valence-electron chi connectivity index (χ4n) is 2.89. The number of hydrogen-bond acceptors (Lipinski definition) is 5. The van der Waals surface area contributed by atoms with E-state index in [4.69, 9.17) is 11.6 Å². The Bertz CT molecular complexity index is 974. The predicted molar refractivity (Wildman–Crippen MR) is 105 cm³/mol. The van der Waals surface area contributed by atoms with Crippen molar-refractivity contribution < 1.29 is 19.2 Å². The zero-order chi connectivity index (χ0) is 20.5.